The van der Waals surface area contributed by atoms with Crippen LogP contribution in [0.5, 0.6) is 0 Å². The standard InChI is InChI=1S/C25H19BrF3N3O/c1-15(16-9-11-21(26)12-10-16)30-24(33)18-7-5-17(6-8-18)22-14-23(32-31-22)19-3-2-4-20(13-19)25(27,28)29/h2-15H,1H3,(H,30,33)(H,31,32). The summed E-state index contributed by atoms with van der Waals surface area (Å²) in [6.45, 7) is 1.91. The summed E-state index contributed by atoms with van der Waals surface area (Å²) in [5, 5.41) is 9.97. The molecule has 0 fully saturated rings. The lowest BCUT2D eigenvalue weighted by atomic mass is 10.0. The van der Waals surface area contributed by atoms with Gasteiger partial charge in [0, 0.05) is 15.6 Å². The normalized spacial score (nSPS) is 12.4. The van der Waals surface area contributed by atoms with Crippen LogP contribution in [0.15, 0.2) is 83.3 Å². The molecule has 0 radical (unpaired) electrons. The average Bonchev–Trinajstić information content (AvgIpc) is 3.29. The molecular weight excluding hydrogens is 495 g/mol. The van der Waals surface area contributed by atoms with E-state index in [9.17, 15) is 18.0 Å². The first-order valence-electron chi connectivity index (χ1n) is 10.1. The Bertz CT molecular complexity index is 1270. The number of nitrogens with zero attached hydrogens (tertiary/aromatic N) is 1. The van der Waals surface area contributed by atoms with Gasteiger partial charge in [-0.3, -0.25) is 9.89 Å². The van der Waals surface area contributed by atoms with Gasteiger partial charge in [-0.1, -0.05) is 52.3 Å². The maximum absolute atomic E-state index is 13.0. The second-order valence-electron chi connectivity index (χ2n) is 7.57. The zero-order valence-electron chi connectivity index (χ0n) is 17.5. The summed E-state index contributed by atoms with van der Waals surface area (Å²) in [7, 11) is 0. The molecule has 1 heterocycles. The molecular formula is C25H19BrF3N3O. The fourth-order valence-electron chi connectivity index (χ4n) is 3.39. The monoisotopic (exact) mass is 513 g/mol. The van der Waals surface area contributed by atoms with Crippen LogP contribution in [0, 0.1) is 0 Å². The first-order chi connectivity index (χ1) is 15.7. The summed E-state index contributed by atoms with van der Waals surface area (Å²) < 4.78 is 39.9. The number of alkyl halides is 3. The molecule has 0 aliphatic rings. The fourth-order valence-corrected chi connectivity index (χ4v) is 3.65. The quantitative estimate of drug-likeness (QED) is 0.301. The van der Waals surface area contributed by atoms with Gasteiger partial charge < -0.3 is 5.32 Å². The number of carbonyl (C=O) groups is 1. The van der Waals surface area contributed by atoms with Crippen LogP contribution in [0.2, 0.25) is 0 Å². The smallest absolute Gasteiger partial charge is 0.346 e. The second kappa shape index (κ2) is 9.23. The van der Waals surface area contributed by atoms with Gasteiger partial charge in [-0.2, -0.15) is 18.3 Å². The van der Waals surface area contributed by atoms with Gasteiger partial charge >= 0.3 is 6.18 Å². The lowest BCUT2D eigenvalue weighted by Crippen LogP contribution is -2.26. The van der Waals surface area contributed by atoms with Gasteiger partial charge in [-0.25, -0.2) is 0 Å². The number of rotatable bonds is 5. The minimum atomic E-state index is -4.42. The van der Waals surface area contributed by atoms with Crippen molar-refractivity contribution in [2.75, 3.05) is 0 Å². The molecule has 4 nitrogen and oxygen atoms in total. The summed E-state index contributed by atoms with van der Waals surface area (Å²) in [5.41, 5.74) is 2.93. The Morgan fingerprint density at radius 1 is 0.970 bits per heavy atom. The first kappa shape index (κ1) is 22.8. The molecule has 4 rings (SSSR count). The molecule has 1 amide bonds. The number of benzene rings is 3. The van der Waals surface area contributed by atoms with E-state index in [1.54, 1.807) is 36.4 Å². The highest BCUT2D eigenvalue weighted by Gasteiger charge is 2.30. The third kappa shape index (κ3) is 5.34. The molecule has 0 saturated heterocycles. The van der Waals surface area contributed by atoms with E-state index in [1.165, 1.54) is 6.07 Å². The molecule has 4 aromatic rings. The van der Waals surface area contributed by atoms with Gasteiger partial charge in [-0.15, -0.1) is 0 Å². The first-order valence-corrected chi connectivity index (χ1v) is 10.9. The number of H-pyrrole nitrogens is 1. The van der Waals surface area contributed by atoms with Crippen LogP contribution in [0.4, 0.5) is 13.2 Å². The summed E-state index contributed by atoms with van der Waals surface area (Å²) in [5.74, 6) is -0.203. The highest BCUT2D eigenvalue weighted by molar-refractivity contribution is 9.10. The zero-order chi connectivity index (χ0) is 23.6. The predicted molar refractivity (Wildman–Crippen MR) is 124 cm³/mol. The van der Waals surface area contributed by atoms with Gasteiger partial charge in [-0.05, 0) is 60.5 Å². The van der Waals surface area contributed by atoms with E-state index in [-0.39, 0.29) is 11.9 Å². The molecule has 0 saturated carbocycles. The third-order valence-electron chi connectivity index (χ3n) is 5.24. The molecule has 1 atom stereocenters. The number of hydrogen-bond acceptors (Lipinski definition) is 2. The third-order valence-corrected chi connectivity index (χ3v) is 5.77. The minimum absolute atomic E-state index is 0.159. The van der Waals surface area contributed by atoms with Gasteiger partial charge in [0.05, 0.1) is 23.0 Å². The molecule has 1 aromatic heterocycles. The van der Waals surface area contributed by atoms with Crippen molar-refractivity contribution >= 4 is 21.8 Å². The Labute approximate surface area is 197 Å². The van der Waals surface area contributed by atoms with Crippen LogP contribution in [0.1, 0.15) is 34.5 Å². The van der Waals surface area contributed by atoms with Crippen LogP contribution in [-0.2, 0) is 6.18 Å². The van der Waals surface area contributed by atoms with Crippen LogP contribution in [0.25, 0.3) is 22.5 Å². The van der Waals surface area contributed by atoms with Crippen molar-refractivity contribution in [1.29, 1.82) is 0 Å². The van der Waals surface area contributed by atoms with Gasteiger partial charge in [0.15, 0.2) is 0 Å². The van der Waals surface area contributed by atoms with Gasteiger partial charge in [0.1, 0.15) is 0 Å². The Morgan fingerprint density at radius 3 is 2.33 bits per heavy atom. The predicted octanol–water partition coefficient (Wildman–Crippen LogP) is 7.02. The molecule has 0 aliphatic carbocycles. The summed E-state index contributed by atoms with van der Waals surface area (Å²) in [6, 6.07) is 21.2. The summed E-state index contributed by atoms with van der Waals surface area (Å²) >= 11 is 3.39. The number of aromatic nitrogens is 2. The lowest BCUT2D eigenvalue weighted by Gasteiger charge is -2.14. The SMILES string of the molecule is CC(NC(=O)c1ccc(-c2cc(-c3cccc(C(F)(F)F)c3)n[nH]2)cc1)c1ccc(Br)cc1. The van der Waals surface area contributed by atoms with Crippen molar-refractivity contribution in [2.45, 2.75) is 19.1 Å². The van der Waals surface area contributed by atoms with E-state index in [1.807, 2.05) is 31.2 Å². The van der Waals surface area contributed by atoms with Crippen molar-refractivity contribution in [1.82, 2.24) is 15.5 Å². The van der Waals surface area contributed by atoms with Gasteiger partial charge in [0.25, 0.3) is 5.91 Å². The number of amides is 1. The Kier molecular flexibility index (Phi) is 6.37. The van der Waals surface area contributed by atoms with Crippen LogP contribution < -0.4 is 5.32 Å². The number of hydrogen-bond donors (Lipinski definition) is 2. The molecule has 8 heteroatoms. The largest absolute Gasteiger partial charge is 0.416 e. The lowest BCUT2D eigenvalue weighted by molar-refractivity contribution is -0.137. The van der Waals surface area contributed by atoms with Crippen LogP contribution >= 0.6 is 15.9 Å². The summed E-state index contributed by atoms with van der Waals surface area (Å²) in [6.07, 6.45) is -4.42. The minimum Gasteiger partial charge on any atom is -0.346 e. The van der Waals surface area contributed by atoms with Crippen molar-refractivity contribution in [3.8, 4) is 22.5 Å². The number of halogens is 4. The Balaban J connectivity index is 1.47. The Morgan fingerprint density at radius 2 is 1.67 bits per heavy atom. The molecule has 3 aromatic carbocycles. The molecule has 2 N–H and O–H groups in total. The van der Waals surface area contributed by atoms with Crippen molar-refractivity contribution in [3.05, 3.63) is 100 Å². The molecule has 0 spiro atoms. The van der Waals surface area contributed by atoms with Gasteiger partial charge in [0.2, 0.25) is 0 Å². The highest BCUT2D eigenvalue weighted by atomic mass is 79.9. The summed E-state index contributed by atoms with van der Waals surface area (Å²) in [4.78, 5) is 12.6. The fraction of sp³-hybridized carbons (Fsp3) is 0.120. The van der Waals surface area contributed by atoms with E-state index < -0.39 is 11.7 Å². The Hall–Kier alpha value is -3.39. The second-order valence-corrected chi connectivity index (χ2v) is 8.49. The molecule has 1 unspecified atom stereocenters. The number of carbonyl (C=O) groups excluding carboxylic acids is 1. The average molecular weight is 514 g/mol. The van der Waals surface area contributed by atoms with Crippen molar-refractivity contribution < 1.29 is 18.0 Å². The van der Waals surface area contributed by atoms with Crippen molar-refractivity contribution in [2.24, 2.45) is 0 Å². The number of aromatic amines is 1. The van der Waals surface area contributed by atoms with E-state index in [0.717, 1.165) is 27.7 Å². The van der Waals surface area contributed by atoms with Crippen LogP contribution in [0.3, 0.4) is 0 Å². The van der Waals surface area contributed by atoms with E-state index >= 15 is 0 Å². The highest BCUT2D eigenvalue weighted by Crippen LogP contribution is 2.32. The molecule has 168 valence electrons. The number of nitrogens with one attached hydrogen (secondary N) is 2. The van der Waals surface area contributed by atoms with E-state index in [0.29, 0.717) is 22.5 Å². The topological polar surface area (TPSA) is 57.8 Å². The van der Waals surface area contributed by atoms with E-state index in [2.05, 4.69) is 31.4 Å². The molecule has 33 heavy (non-hydrogen) atoms. The maximum Gasteiger partial charge on any atom is 0.416 e. The van der Waals surface area contributed by atoms with Crippen LogP contribution in [-0.4, -0.2) is 16.1 Å². The molecule has 0 aliphatic heterocycles. The van der Waals surface area contributed by atoms with Crippen molar-refractivity contribution in [3.63, 3.8) is 0 Å². The molecule has 0 bridgehead atoms. The van der Waals surface area contributed by atoms with E-state index in [4.69, 9.17) is 0 Å². The maximum atomic E-state index is 13.0. The zero-order valence-corrected chi connectivity index (χ0v) is 19.0.